The summed E-state index contributed by atoms with van der Waals surface area (Å²) in [5.74, 6) is 0.323. The van der Waals surface area contributed by atoms with E-state index in [9.17, 15) is 4.79 Å². The minimum Gasteiger partial charge on any atom is -0.370 e. The Hall–Kier alpha value is -0.410. The molecule has 3 nitrogen and oxygen atoms in total. The molecule has 0 aromatic heterocycles. The normalized spacial score (nSPS) is 43.0. The standard InChI is InChI=1S/C8H13NO2/c9-5-8-2-1-7(11-8)3-6(10)4-8/h7H,1-5,9H2/t7-,8-/m1/s1. The van der Waals surface area contributed by atoms with Gasteiger partial charge in [-0.1, -0.05) is 0 Å². The van der Waals surface area contributed by atoms with Gasteiger partial charge in [-0.25, -0.2) is 0 Å². The SMILES string of the molecule is NC[C@@]12CC[C@H](CC(=O)C1)O2. The molecule has 0 spiro atoms. The van der Waals surface area contributed by atoms with E-state index in [1.165, 1.54) is 0 Å². The number of ether oxygens (including phenoxy) is 1. The summed E-state index contributed by atoms with van der Waals surface area (Å²) in [4.78, 5) is 11.2. The highest BCUT2D eigenvalue weighted by atomic mass is 16.5. The monoisotopic (exact) mass is 155 g/mol. The fraction of sp³-hybridized carbons (Fsp3) is 0.875. The van der Waals surface area contributed by atoms with E-state index >= 15 is 0 Å². The lowest BCUT2D eigenvalue weighted by Gasteiger charge is -2.31. The highest BCUT2D eigenvalue weighted by molar-refractivity contribution is 5.81. The Morgan fingerprint density at radius 1 is 1.73 bits per heavy atom. The van der Waals surface area contributed by atoms with E-state index in [0.717, 1.165) is 12.8 Å². The molecule has 2 N–H and O–H groups in total. The van der Waals surface area contributed by atoms with Crippen LogP contribution in [0.15, 0.2) is 0 Å². The molecule has 2 bridgehead atoms. The van der Waals surface area contributed by atoms with Crippen molar-refractivity contribution in [2.24, 2.45) is 5.73 Å². The molecule has 0 aromatic carbocycles. The molecular weight excluding hydrogens is 142 g/mol. The minimum absolute atomic E-state index is 0.180. The molecule has 0 saturated carbocycles. The smallest absolute Gasteiger partial charge is 0.138 e. The van der Waals surface area contributed by atoms with Crippen molar-refractivity contribution in [3.63, 3.8) is 0 Å². The molecule has 0 unspecified atom stereocenters. The van der Waals surface area contributed by atoms with E-state index in [4.69, 9.17) is 10.5 Å². The molecule has 2 heterocycles. The Balaban J connectivity index is 2.18. The van der Waals surface area contributed by atoms with Crippen LogP contribution >= 0.6 is 0 Å². The molecule has 2 rings (SSSR count). The first kappa shape index (κ1) is 7.25. The first-order chi connectivity index (χ1) is 5.24. The molecule has 2 saturated heterocycles. The second-order valence-corrected chi connectivity index (χ2v) is 3.59. The fourth-order valence-corrected chi connectivity index (χ4v) is 2.08. The molecule has 0 aromatic rings. The van der Waals surface area contributed by atoms with Crippen molar-refractivity contribution in [3.05, 3.63) is 0 Å². The molecule has 2 fully saturated rings. The van der Waals surface area contributed by atoms with Crippen LogP contribution in [0.4, 0.5) is 0 Å². The quantitative estimate of drug-likeness (QED) is 0.589. The van der Waals surface area contributed by atoms with Crippen molar-refractivity contribution in [1.82, 2.24) is 0 Å². The Bertz CT molecular complexity index is 193. The average Bonchev–Trinajstić information content (AvgIpc) is 2.28. The molecule has 3 heteroatoms. The van der Waals surface area contributed by atoms with Gasteiger partial charge in [0.05, 0.1) is 11.7 Å². The van der Waals surface area contributed by atoms with E-state index in [2.05, 4.69) is 0 Å². The van der Waals surface area contributed by atoms with Crippen LogP contribution in [0.25, 0.3) is 0 Å². The summed E-state index contributed by atoms with van der Waals surface area (Å²) in [6, 6.07) is 0. The molecule has 0 aliphatic carbocycles. The summed E-state index contributed by atoms with van der Waals surface area (Å²) < 4.78 is 5.66. The van der Waals surface area contributed by atoms with Crippen LogP contribution in [-0.2, 0) is 9.53 Å². The van der Waals surface area contributed by atoms with Crippen LogP contribution in [0.1, 0.15) is 25.7 Å². The van der Waals surface area contributed by atoms with Crippen LogP contribution in [-0.4, -0.2) is 24.0 Å². The van der Waals surface area contributed by atoms with Gasteiger partial charge in [0.1, 0.15) is 5.78 Å². The highest BCUT2D eigenvalue weighted by Gasteiger charge is 2.45. The van der Waals surface area contributed by atoms with Gasteiger partial charge >= 0.3 is 0 Å². The maximum Gasteiger partial charge on any atom is 0.138 e. The third-order valence-corrected chi connectivity index (χ3v) is 2.69. The van der Waals surface area contributed by atoms with Gasteiger partial charge in [-0.15, -0.1) is 0 Å². The Morgan fingerprint density at radius 3 is 3.27 bits per heavy atom. The molecule has 2 atom stereocenters. The van der Waals surface area contributed by atoms with E-state index < -0.39 is 0 Å². The second-order valence-electron chi connectivity index (χ2n) is 3.59. The van der Waals surface area contributed by atoms with E-state index in [1.807, 2.05) is 0 Å². The number of fused-ring (bicyclic) bond motifs is 2. The van der Waals surface area contributed by atoms with Crippen LogP contribution in [0, 0.1) is 0 Å². The Kier molecular flexibility index (Phi) is 1.51. The lowest BCUT2D eigenvalue weighted by molar-refractivity contribution is -0.138. The van der Waals surface area contributed by atoms with Crippen LogP contribution in [0.2, 0.25) is 0 Å². The van der Waals surface area contributed by atoms with E-state index in [1.54, 1.807) is 0 Å². The van der Waals surface area contributed by atoms with Crippen LogP contribution in [0.5, 0.6) is 0 Å². The van der Waals surface area contributed by atoms with Crippen molar-refractivity contribution >= 4 is 5.78 Å². The Morgan fingerprint density at radius 2 is 2.55 bits per heavy atom. The number of Topliss-reactive ketones (excluding diaryl/α,β-unsaturated/α-hetero) is 1. The van der Waals surface area contributed by atoms with Gasteiger partial charge in [-0.3, -0.25) is 4.79 Å². The Labute approximate surface area is 65.9 Å². The molecule has 2 aliphatic heterocycles. The molecule has 0 radical (unpaired) electrons. The third kappa shape index (κ3) is 1.08. The van der Waals surface area contributed by atoms with Gasteiger partial charge in [0.15, 0.2) is 0 Å². The number of hydrogen-bond acceptors (Lipinski definition) is 3. The number of hydrogen-bond donors (Lipinski definition) is 1. The summed E-state index contributed by atoms with van der Waals surface area (Å²) in [5, 5.41) is 0. The molecule has 11 heavy (non-hydrogen) atoms. The number of nitrogens with two attached hydrogens (primary N) is 1. The highest BCUT2D eigenvalue weighted by Crippen LogP contribution is 2.38. The molecule has 0 amide bonds. The third-order valence-electron chi connectivity index (χ3n) is 2.69. The van der Waals surface area contributed by atoms with Crippen molar-refractivity contribution in [2.75, 3.05) is 6.54 Å². The maximum atomic E-state index is 11.2. The molecule has 62 valence electrons. The van der Waals surface area contributed by atoms with Gasteiger partial charge < -0.3 is 10.5 Å². The first-order valence-electron chi connectivity index (χ1n) is 4.14. The van der Waals surface area contributed by atoms with Gasteiger partial charge in [-0.05, 0) is 12.8 Å². The first-order valence-corrected chi connectivity index (χ1v) is 4.14. The zero-order chi connectivity index (χ0) is 7.90. The average molecular weight is 155 g/mol. The number of carbonyl (C=O) groups excluding carboxylic acids is 1. The topological polar surface area (TPSA) is 52.3 Å². The lowest BCUT2D eigenvalue weighted by atomic mass is 9.94. The number of carbonyl (C=O) groups is 1. The summed E-state index contributed by atoms with van der Waals surface area (Å²) in [6.45, 7) is 0.495. The zero-order valence-electron chi connectivity index (χ0n) is 6.51. The van der Waals surface area contributed by atoms with Gasteiger partial charge in [0, 0.05) is 19.4 Å². The lowest BCUT2D eigenvalue weighted by Crippen LogP contribution is -2.43. The zero-order valence-corrected chi connectivity index (χ0v) is 6.51. The maximum absolute atomic E-state index is 11.2. The fourth-order valence-electron chi connectivity index (χ4n) is 2.08. The summed E-state index contributed by atoms with van der Waals surface area (Å²) in [5.41, 5.74) is 5.30. The van der Waals surface area contributed by atoms with Crippen molar-refractivity contribution in [3.8, 4) is 0 Å². The summed E-state index contributed by atoms with van der Waals surface area (Å²) in [6.07, 6.45) is 3.32. The summed E-state index contributed by atoms with van der Waals surface area (Å²) >= 11 is 0. The second kappa shape index (κ2) is 2.29. The van der Waals surface area contributed by atoms with Gasteiger partial charge in [0.25, 0.3) is 0 Å². The van der Waals surface area contributed by atoms with Crippen molar-refractivity contribution in [2.45, 2.75) is 37.4 Å². The largest absolute Gasteiger partial charge is 0.370 e. The van der Waals surface area contributed by atoms with Crippen molar-refractivity contribution < 1.29 is 9.53 Å². The van der Waals surface area contributed by atoms with Crippen LogP contribution in [0.3, 0.4) is 0 Å². The molecular formula is C8H13NO2. The van der Waals surface area contributed by atoms with Crippen molar-refractivity contribution in [1.29, 1.82) is 0 Å². The summed E-state index contributed by atoms with van der Waals surface area (Å²) in [7, 11) is 0. The molecule has 2 aliphatic rings. The van der Waals surface area contributed by atoms with E-state index in [0.29, 0.717) is 25.2 Å². The predicted molar refractivity (Wildman–Crippen MR) is 40.1 cm³/mol. The number of ketones is 1. The minimum atomic E-state index is -0.264. The predicted octanol–water partition coefficient (Wildman–Crippen LogP) is 0.226. The van der Waals surface area contributed by atoms with Crippen LogP contribution < -0.4 is 5.73 Å². The number of rotatable bonds is 1. The van der Waals surface area contributed by atoms with Gasteiger partial charge in [-0.2, -0.15) is 0 Å². The van der Waals surface area contributed by atoms with E-state index in [-0.39, 0.29) is 11.7 Å². The van der Waals surface area contributed by atoms with Gasteiger partial charge in [0.2, 0.25) is 0 Å².